The Bertz CT molecular complexity index is 1260. The number of fused-ring (bicyclic) bond motifs is 2. The second-order valence-electron chi connectivity index (χ2n) is 6.50. The van der Waals surface area contributed by atoms with Crippen LogP contribution < -0.4 is 11.0 Å². The van der Waals surface area contributed by atoms with Crippen LogP contribution in [0.5, 0.6) is 0 Å². The molecule has 1 N–H and O–H groups in total. The molecule has 1 fully saturated rings. The molecule has 0 atom stereocenters. The Labute approximate surface area is 147 Å². The first kappa shape index (κ1) is 14.9. The van der Waals surface area contributed by atoms with Crippen LogP contribution in [-0.4, -0.2) is 24.5 Å². The molecule has 4 aromatic rings. The Morgan fingerprint density at radius 3 is 2.62 bits per heavy atom. The zero-order valence-electron chi connectivity index (χ0n) is 13.8. The highest BCUT2D eigenvalue weighted by atomic mass is 16.1. The summed E-state index contributed by atoms with van der Waals surface area (Å²) in [5.41, 5.74) is 0.325. The normalized spacial score (nSPS) is 14.6. The van der Waals surface area contributed by atoms with E-state index in [0.29, 0.717) is 22.8 Å². The lowest BCUT2D eigenvalue weighted by Gasteiger charge is -2.27. The van der Waals surface area contributed by atoms with E-state index in [1.807, 2.05) is 6.07 Å². The van der Waals surface area contributed by atoms with Crippen LogP contribution in [0.4, 0.5) is 0 Å². The third kappa shape index (κ3) is 2.10. The standard InChI is InChI=1S/C19H15N5O2/c25-16-14-17(22-12-7-4-10-21-15(12)16)23-18(11-5-3-6-11)24(19(14)26)13-8-1-2-9-20-13/h1-2,4,7-11H,3,5-6H2,(H,22,25). The molecule has 0 amide bonds. The van der Waals surface area contributed by atoms with Gasteiger partial charge in [-0.15, -0.1) is 0 Å². The van der Waals surface area contributed by atoms with E-state index in [0.717, 1.165) is 19.3 Å². The highest BCUT2D eigenvalue weighted by Gasteiger charge is 2.27. The van der Waals surface area contributed by atoms with Crippen LogP contribution in [0.3, 0.4) is 0 Å². The van der Waals surface area contributed by atoms with Gasteiger partial charge in [0.15, 0.2) is 0 Å². The first-order chi connectivity index (χ1) is 12.7. The molecule has 1 saturated carbocycles. The van der Waals surface area contributed by atoms with Gasteiger partial charge in [-0.05, 0) is 37.1 Å². The molecule has 0 bridgehead atoms. The first-order valence-corrected chi connectivity index (χ1v) is 8.59. The van der Waals surface area contributed by atoms with Crippen molar-refractivity contribution in [3.8, 4) is 5.82 Å². The largest absolute Gasteiger partial charge is 0.337 e. The number of hydrogen-bond donors (Lipinski definition) is 1. The molecule has 1 aliphatic rings. The van der Waals surface area contributed by atoms with Crippen LogP contribution in [0.25, 0.3) is 27.9 Å². The number of aromatic nitrogens is 5. The number of nitrogens with one attached hydrogen (secondary N) is 1. The number of H-pyrrole nitrogens is 1. The van der Waals surface area contributed by atoms with Gasteiger partial charge < -0.3 is 4.98 Å². The predicted octanol–water partition coefficient (Wildman–Crippen LogP) is 2.28. The highest BCUT2D eigenvalue weighted by molar-refractivity contribution is 5.88. The molecule has 0 radical (unpaired) electrons. The average molecular weight is 345 g/mol. The summed E-state index contributed by atoms with van der Waals surface area (Å²) in [7, 11) is 0. The van der Waals surface area contributed by atoms with Crippen molar-refractivity contribution in [3.05, 3.63) is 69.1 Å². The number of pyridine rings is 3. The monoisotopic (exact) mass is 345 g/mol. The molecular weight excluding hydrogens is 330 g/mol. The Morgan fingerprint density at radius 1 is 1.04 bits per heavy atom. The van der Waals surface area contributed by atoms with Gasteiger partial charge in [0, 0.05) is 18.3 Å². The van der Waals surface area contributed by atoms with Gasteiger partial charge in [-0.25, -0.2) is 14.5 Å². The van der Waals surface area contributed by atoms with Gasteiger partial charge in [-0.2, -0.15) is 0 Å². The van der Waals surface area contributed by atoms with Crippen molar-refractivity contribution in [2.45, 2.75) is 25.2 Å². The number of rotatable bonds is 2. The van der Waals surface area contributed by atoms with Crippen molar-refractivity contribution < 1.29 is 0 Å². The third-order valence-corrected chi connectivity index (χ3v) is 4.96. The highest BCUT2D eigenvalue weighted by Crippen LogP contribution is 2.35. The predicted molar refractivity (Wildman–Crippen MR) is 97.6 cm³/mol. The second kappa shape index (κ2) is 5.59. The molecule has 5 rings (SSSR count). The van der Waals surface area contributed by atoms with E-state index in [1.165, 1.54) is 10.8 Å². The van der Waals surface area contributed by atoms with E-state index in [1.54, 1.807) is 30.5 Å². The molecule has 7 nitrogen and oxygen atoms in total. The Balaban J connectivity index is 1.94. The summed E-state index contributed by atoms with van der Waals surface area (Å²) < 4.78 is 1.48. The maximum absolute atomic E-state index is 13.3. The molecule has 26 heavy (non-hydrogen) atoms. The molecule has 0 saturated heterocycles. The second-order valence-corrected chi connectivity index (χ2v) is 6.50. The first-order valence-electron chi connectivity index (χ1n) is 8.59. The molecule has 0 unspecified atom stereocenters. The van der Waals surface area contributed by atoms with Crippen molar-refractivity contribution >= 4 is 22.1 Å². The van der Waals surface area contributed by atoms with E-state index in [4.69, 9.17) is 0 Å². The van der Waals surface area contributed by atoms with Crippen LogP contribution >= 0.6 is 0 Å². The molecule has 0 spiro atoms. The molecule has 0 aromatic carbocycles. The summed E-state index contributed by atoms with van der Waals surface area (Å²) in [4.78, 5) is 42.4. The van der Waals surface area contributed by atoms with Crippen molar-refractivity contribution in [1.29, 1.82) is 0 Å². The SMILES string of the molecule is O=c1c2ncccc2[nH]c2nc(C3CCC3)n(-c3ccccn3)c(=O)c12. The summed E-state index contributed by atoms with van der Waals surface area (Å²) in [5.74, 6) is 1.34. The van der Waals surface area contributed by atoms with Gasteiger partial charge >= 0.3 is 0 Å². The van der Waals surface area contributed by atoms with E-state index in [9.17, 15) is 9.59 Å². The van der Waals surface area contributed by atoms with E-state index in [-0.39, 0.29) is 16.8 Å². The average Bonchev–Trinajstić information content (AvgIpc) is 2.61. The molecule has 4 heterocycles. The lowest BCUT2D eigenvalue weighted by molar-refractivity contribution is 0.393. The summed E-state index contributed by atoms with van der Waals surface area (Å²) in [6.45, 7) is 0. The maximum Gasteiger partial charge on any atom is 0.272 e. The van der Waals surface area contributed by atoms with Gasteiger partial charge in [-0.1, -0.05) is 12.5 Å². The van der Waals surface area contributed by atoms with Crippen molar-refractivity contribution in [3.63, 3.8) is 0 Å². The van der Waals surface area contributed by atoms with Crippen LogP contribution in [0.2, 0.25) is 0 Å². The molecule has 1 aliphatic carbocycles. The van der Waals surface area contributed by atoms with Crippen molar-refractivity contribution in [2.75, 3.05) is 0 Å². The van der Waals surface area contributed by atoms with Crippen LogP contribution in [-0.2, 0) is 0 Å². The minimum Gasteiger partial charge on any atom is -0.337 e. The minimum atomic E-state index is -0.406. The number of hydrogen-bond acceptors (Lipinski definition) is 5. The van der Waals surface area contributed by atoms with Crippen LogP contribution in [0.15, 0.2) is 52.3 Å². The summed E-state index contributed by atoms with van der Waals surface area (Å²) >= 11 is 0. The number of nitrogens with zero attached hydrogens (tertiary/aromatic N) is 4. The fraction of sp³-hybridized carbons (Fsp3) is 0.211. The lowest BCUT2D eigenvalue weighted by atomic mass is 9.84. The third-order valence-electron chi connectivity index (χ3n) is 4.96. The quantitative estimate of drug-likeness (QED) is 0.563. The van der Waals surface area contributed by atoms with E-state index < -0.39 is 11.0 Å². The zero-order valence-corrected chi connectivity index (χ0v) is 13.8. The van der Waals surface area contributed by atoms with E-state index in [2.05, 4.69) is 19.9 Å². The molecular formula is C19H15N5O2. The zero-order chi connectivity index (χ0) is 17.7. The number of aromatic amines is 1. The minimum absolute atomic E-state index is 0.0185. The molecule has 4 aromatic heterocycles. The topological polar surface area (TPSA) is 93.5 Å². The van der Waals surface area contributed by atoms with Crippen molar-refractivity contribution in [2.24, 2.45) is 0 Å². The molecule has 7 heteroatoms. The Hall–Kier alpha value is -3.35. The molecule has 0 aliphatic heterocycles. The van der Waals surface area contributed by atoms with Crippen LogP contribution in [0.1, 0.15) is 31.0 Å². The fourth-order valence-electron chi connectivity index (χ4n) is 3.41. The van der Waals surface area contributed by atoms with Gasteiger partial charge in [0.25, 0.3) is 5.56 Å². The summed E-state index contributed by atoms with van der Waals surface area (Å²) in [5, 5.41) is 0.0185. The maximum atomic E-state index is 13.3. The summed E-state index contributed by atoms with van der Waals surface area (Å²) in [6, 6.07) is 8.86. The van der Waals surface area contributed by atoms with Crippen LogP contribution in [0, 0.1) is 0 Å². The molecule has 128 valence electrons. The van der Waals surface area contributed by atoms with Gasteiger partial charge in [-0.3, -0.25) is 14.6 Å². The Morgan fingerprint density at radius 2 is 1.88 bits per heavy atom. The lowest BCUT2D eigenvalue weighted by Crippen LogP contribution is -2.31. The Kier molecular flexibility index (Phi) is 3.21. The van der Waals surface area contributed by atoms with Gasteiger partial charge in [0.2, 0.25) is 5.43 Å². The van der Waals surface area contributed by atoms with Crippen molar-refractivity contribution in [1.82, 2.24) is 24.5 Å². The van der Waals surface area contributed by atoms with E-state index >= 15 is 0 Å². The van der Waals surface area contributed by atoms with Gasteiger partial charge in [0.1, 0.15) is 28.2 Å². The van der Waals surface area contributed by atoms with Gasteiger partial charge in [0.05, 0.1) is 5.52 Å². The fourth-order valence-corrected chi connectivity index (χ4v) is 3.41. The summed E-state index contributed by atoms with van der Waals surface area (Å²) in [6.07, 6.45) is 6.23. The smallest absolute Gasteiger partial charge is 0.272 e.